The zero-order chi connectivity index (χ0) is 44.7. The van der Waals surface area contributed by atoms with Crippen molar-refractivity contribution in [2.24, 2.45) is 0 Å². The molecule has 8 aliphatic rings. The fourth-order valence-corrected chi connectivity index (χ4v) is 8.09. The third kappa shape index (κ3) is 5.21. The fraction of sp³-hybridized carbons (Fsp3) is 0. The summed E-state index contributed by atoms with van der Waals surface area (Å²) < 4.78 is 17.9. The van der Waals surface area contributed by atoms with Crippen LogP contribution in [0.2, 0.25) is 0 Å². The van der Waals surface area contributed by atoms with Gasteiger partial charge in [0.15, 0.2) is 50.8 Å². The highest BCUT2D eigenvalue weighted by Gasteiger charge is 2.31. The van der Waals surface area contributed by atoms with Crippen molar-refractivity contribution < 1.29 is 74.5 Å². The minimum absolute atomic E-state index is 0.293. The van der Waals surface area contributed by atoms with E-state index in [1.165, 1.54) is 0 Å². The molecular weight excluding hydrogens is 828 g/mol. The van der Waals surface area contributed by atoms with E-state index in [9.17, 15) is 75.7 Å². The van der Waals surface area contributed by atoms with Crippen molar-refractivity contribution >= 4 is 32.9 Å². The van der Waals surface area contributed by atoms with Gasteiger partial charge >= 0.3 is 0 Å². The molecule has 17 rings (SSSR count). The van der Waals surface area contributed by atoms with Crippen LogP contribution in [0.1, 0.15) is 0 Å². The SMILES string of the molecule is O=c1cc2oc3cc(O)c(c(O)c13)-c1cc(O)c(O)cc1-c1cc(=O)c3c(O)c(c(O)cc3o1)-c1c(ccc(O)c1O)-c1cc(=O)c3c(O)c(c(O)cc3o1)-c1c-2ccc(O)c1O. The lowest BCUT2D eigenvalue weighted by molar-refractivity contribution is 0.404. The van der Waals surface area contributed by atoms with Crippen LogP contribution >= 0.6 is 0 Å². The number of benzene rings is 6. The lowest BCUT2D eigenvalue weighted by atomic mass is 9.91. The van der Waals surface area contributed by atoms with Crippen LogP contribution in [0.15, 0.2) is 100 Å². The molecule has 7 aliphatic heterocycles. The first kappa shape index (κ1) is 37.8. The molecule has 10 heterocycles. The van der Waals surface area contributed by atoms with E-state index >= 15 is 0 Å². The lowest BCUT2D eigenvalue weighted by Gasteiger charge is -2.19. The van der Waals surface area contributed by atoms with Crippen LogP contribution < -0.4 is 16.3 Å². The van der Waals surface area contributed by atoms with Crippen LogP contribution in [-0.4, -0.2) is 61.3 Å². The van der Waals surface area contributed by atoms with Crippen LogP contribution in [0.5, 0.6) is 69.0 Å². The molecule has 0 fully saturated rings. The van der Waals surface area contributed by atoms with Crippen molar-refractivity contribution in [1.82, 2.24) is 0 Å². The van der Waals surface area contributed by atoms with Gasteiger partial charge < -0.3 is 74.5 Å². The van der Waals surface area contributed by atoms with Gasteiger partial charge in [-0.25, -0.2) is 0 Å². The maximum Gasteiger partial charge on any atom is 0.197 e. The van der Waals surface area contributed by atoms with Gasteiger partial charge in [-0.05, 0) is 36.4 Å². The average Bonchev–Trinajstić information content (AvgIpc) is 3.20. The number of rotatable bonds is 0. The standard InChI is InChI=1S/C45H24O18/c46-17-3-1-13-27-7-22(51)36-30(61-27)10-21(50)33(43(36)58)16-6-20(49)19(48)5-15(16)29-9-24(53)38-32(63-29)12-26(55)40(45(38)60)35-14(2-4-18(47)42(35)57)28-8-23(52)37-31(62-28)11-25(54)39(44(37)59)34(13)41(17)56/h1-12,46-50,54-60H. The summed E-state index contributed by atoms with van der Waals surface area (Å²) in [7, 11) is 0. The first-order chi connectivity index (χ1) is 29.9. The van der Waals surface area contributed by atoms with E-state index in [0.717, 1.165) is 72.8 Å². The Kier molecular flexibility index (Phi) is 7.66. The van der Waals surface area contributed by atoms with Gasteiger partial charge in [-0.1, -0.05) is 0 Å². The molecule has 0 atom stereocenters. The molecule has 63 heavy (non-hydrogen) atoms. The van der Waals surface area contributed by atoms with Gasteiger partial charge in [0.1, 0.15) is 84.7 Å². The van der Waals surface area contributed by atoms with Crippen molar-refractivity contribution in [2.75, 3.05) is 0 Å². The molecule has 0 saturated carbocycles. The second-order valence-corrected chi connectivity index (χ2v) is 14.5. The van der Waals surface area contributed by atoms with E-state index in [-0.39, 0.29) is 22.3 Å². The van der Waals surface area contributed by atoms with E-state index in [1.54, 1.807) is 0 Å². The Labute approximate surface area is 346 Å². The Morgan fingerprint density at radius 1 is 0.286 bits per heavy atom. The summed E-state index contributed by atoms with van der Waals surface area (Å²) in [6, 6.07) is 10.9. The molecule has 18 nitrogen and oxygen atoms in total. The van der Waals surface area contributed by atoms with Crippen molar-refractivity contribution in [3.05, 3.63) is 103 Å². The normalized spacial score (nSPS) is 11.8. The zero-order valence-corrected chi connectivity index (χ0v) is 31.2. The summed E-state index contributed by atoms with van der Waals surface area (Å²) in [5.74, 6) is -12.1. The van der Waals surface area contributed by atoms with E-state index in [4.69, 9.17) is 13.3 Å². The molecule has 0 saturated heterocycles. The molecule has 0 spiro atoms. The molecule has 3 aromatic heterocycles. The summed E-state index contributed by atoms with van der Waals surface area (Å²) in [5, 5.41) is 133. The third-order valence-corrected chi connectivity index (χ3v) is 10.9. The molecule has 0 amide bonds. The van der Waals surface area contributed by atoms with Gasteiger partial charge in [0.05, 0.1) is 16.7 Å². The molecule has 18 heteroatoms. The van der Waals surface area contributed by atoms with Crippen LogP contribution in [0.3, 0.4) is 0 Å². The van der Waals surface area contributed by atoms with Crippen molar-refractivity contribution in [1.29, 1.82) is 0 Å². The number of hydrogen-bond donors (Lipinski definition) is 12. The monoisotopic (exact) mass is 852 g/mol. The average molecular weight is 853 g/mol. The van der Waals surface area contributed by atoms with Gasteiger partial charge in [-0.2, -0.15) is 0 Å². The molecule has 6 aromatic carbocycles. The first-order valence-corrected chi connectivity index (χ1v) is 18.2. The van der Waals surface area contributed by atoms with Gasteiger partial charge in [0, 0.05) is 69.8 Å². The second-order valence-electron chi connectivity index (χ2n) is 14.5. The van der Waals surface area contributed by atoms with Crippen LogP contribution in [-0.2, 0) is 0 Å². The van der Waals surface area contributed by atoms with Crippen molar-refractivity contribution in [3.8, 4) is 136 Å². The minimum atomic E-state index is -1.03. The van der Waals surface area contributed by atoms with E-state index in [0.29, 0.717) is 0 Å². The molecule has 12 bridgehead atoms. The highest BCUT2D eigenvalue weighted by molar-refractivity contribution is 6.05. The number of phenols is 12. The lowest BCUT2D eigenvalue weighted by Crippen LogP contribution is -2.05. The first-order valence-electron chi connectivity index (χ1n) is 18.2. The van der Waals surface area contributed by atoms with Crippen molar-refractivity contribution in [2.45, 2.75) is 0 Å². The molecule has 9 aromatic rings. The second kappa shape index (κ2) is 12.8. The van der Waals surface area contributed by atoms with Gasteiger partial charge in [-0.15, -0.1) is 0 Å². The summed E-state index contributed by atoms with van der Waals surface area (Å²) in [6.07, 6.45) is 0. The highest BCUT2D eigenvalue weighted by atomic mass is 16.4. The maximum atomic E-state index is 14.0. The van der Waals surface area contributed by atoms with E-state index in [1.807, 2.05) is 0 Å². The minimum Gasteiger partial charge on any atom is -0.507 e. The largest absolute Gasteiger partial charge is 0.507 e. The highest BCUT2D eigenvalue weighted by Crippen LogP contribution is 2.55. The number of aromatic hydroxyl groups is 12. The van der Waals surface area contributed by atoms with E-state index in [2.05, 4.69) is 0 Å². The fourth-order valence-electron chi connectivity index (χ4n) is 8.09. The Morgan fingerprint density at radius 3 is 1.02 bits per heavy atom. The Morgan fingerprint density at radius 2 is 0.619 bits per heavy atom. The summed E-state index contributed by atoms with van der Waals surface area (Å²) >= 11 is 0. The number of phenolic OH excluding ortho intramolecular Hbond substituents is 12. The maximum absolute atomic E-state index is 14.0. The third-order valence-electron chi connectivity index (χ3n) is 10.9. The predicted molar refractivity (Wildman–Crippen MR) is 221 cm³/mol. The smallest absolute Gasteiger partial charge is 0.197 e. The zero-order valence-electron chi connectivity index (χ0n) is 31.2. The van der Waals surface area contributed by atoms with Crippen LogP contribution in [0.25, 0.3) is 100 Å². The van der Waals surface area contributed by atoms with Gasteiger partial charge in [0.25, 0.3) is 0 Å². The molecule has 0 radical (unpaired) electrons. The Hall–Kier alpha value is -9.45. The quantitative estimate of drug-likeness (QED) is 0.0698. The number of hydrogen-bond acceptors (Lipinski definition) is 18. The molecular formula is C45H24O18. The van der Waals surface area contributed by atoms with E-state index < -0.39 is 163 Å². The Bertz CT molecular complexity index is 3750. The van der Waals surface area contributed by atoms with Crippen LogP contribution in [0, 0.1) is 0 Å². The van der Waals surface area contributed by atoms with Gasteiger partial charge in [-0.3, -0.25) is 14.4 Å². The van der Waals surface area contributed by atoms with Gasteiger partial charge in [0.2, 0.25) is 0 Å². The summed E-state index contributed by atoms with van der Waals surface area (Å²) in [6.45, 7) is 0. The van der Waals surface area contributed by atoms with Crippen molar-refractivity contribution in [3.63, 3.8) is 0 Å². The molecule has 312 valence electrons. The molecule has 1 aliphatic carbocycles. The molecule has 12 N–H and O–H groups in total. The van der Waals surface area contributed by atoms with Crippen LogP contribution in [0.4, 0.5) is 0 Å². The topological polar surface area (TPSA) is 333 Å². The Balaban J connectivity index is 1.41. The molecule has 0 unspecified atom stereocenters. The summed E-state index contributed by atoms with van der Waals surface area (Å²) in [4.78, 5) is 41.9. The summed E-state index contributed by atoms with van der Waals surface area (Å²) in [5.41, 5.74) is -8.95. The predicted octanol–water partition coefficient (Wildman–Crippen LogP) is 6.79.